The minimum Gasteiger partial charge on any atom is -0.462 e. The lowest BCUT2D eigenvalue weighted by atomic mass is 10.0. The normalized spacial score (nSPS) is 12.4. The summed E-state index contributed by atoms with van der Waals surface area (Å²) in [6.45, 7) is 6.53. The van der Waals surface area contributed by atoms with Gasteiger partial charge in [-0.25, -0.2) is 0 Å². The molecule has 0 aliphatic heterocycles. The molecule has 0 aromatic carbocycles. The Hall–Kier alpha value is -2.89. The number of rotatable bonds is 67. The Morgan fingerprint density at radius 2 is 0.476 bits per heavy atom. The zero-order chi connectivity index (χ0) is 59.2. The first-order valence-electron chi connectivity index (χ1n) is 36.3. The highest BCUT2D eigenvalue weighted by Gasteiger charge is 2.19. The van der Waals surface area contributed by atoms with Gasteiger partial charge in [-0.2, -0.15) is 0 Å². The largest absolute Gasteiger partial charge is 0.462 e. The third-order valence-corrected chi connectivity index (χ3v) is 16.3. The first-order chi connectivity index (χ1) is 40.5. The van der Waals surface area contributed by atoms with Gasteiger partial charge in [0.1, 0.15) is 13.2 Å². The van der Waals surface area contributed by atoms with Crippen LogP contribution < -0.4 is 0 Å². The lowest BCUT2D eigenvalue weighted by Crippen LogP contribution is -2.30. The van der Waals surface area contributed by atoms with E-state index in [4.69, 9.17) is 14.2 Å². The molecular formula is C76H138O6. The van der Waals surface area contributed by atoms with Crippen molar-refractivity contribution in [2.75, 3.05) is 13.2 Å². The highest BCUT2D eigenvalue weighted by molar-refractivity contribution is 5.71. The van der Waals surface area contributed by atoms with E-state index in [-0.39, 0.29) is 31.1 Å². The van der Waals surface area contributed by atoms with Crippen molar-refractivity contribution in [3.8, 4) is 0 Å². The predicted octanol–water partition coefficient (Wildman–Crippen LogP) is 25.1. The van der Waals surface area contributed by atoms with Gasteiger partial charge < -0.3 is 14.2 Å². The SMILES string of the molecule is CC/C=C\C/C=C\C/C=C\CCCCCC(=O)OCC(COC(=O)CCCCCCCCCCCCCCCCCCCCCCCCCCCCCCCCCCCCC)OC(=O)CCCCCCC/C=C\C/C=C\CCCCCC. The van der Waals surface area contributed by atoms with Crippen molar-refractivity contribution in [2.45, 2.75) is 393 Å². The van der Waals surface area contributed by atoms with E-state index in [1.807, 2.05) is 0 Å². The molecule has 0 radical (unpaired) electrons. The Bertz CT molecular complexity index is 1460. The van der Waals surface area contributed by atoms with Gasteiger partial charge in [-0.05, 0) is 83.5 Å². The number of hydrogen-bond acceptors (Lipinski definition) is 6. The van der Waals surface area contributed by atoms with Crippen LogP contribution in [0.1, 0.15) is 387 Å². The second-order valence-electron chi connectivity index (χ2n) is 24.5. The highest BCUT2D eigenvalue weighted by atomic mass is 16.6. The van der Waals surface area contributed by atoms with Crippen LogP contribution in [-0.2, 0) is 28.6 Å². The average Bonchev–Trinajstić information content (AvgIpc) is 3.47. The number of allylic oxidation sites excluding steroid dienone is 10. The van der Waals surface area contributed by atoms with Gasteiger partial charge in [0.15, 0.2) is 6.10 Å². The van der Waals surface area contributed by atoms with Gasteiger partial charge in [-0.1, -0.05) is 345 Å². The van der Waals surface area contributed by atoms with Crippen LogP contribution in [0.3, 0.4) is 0 Å². The summed E-state index contributed by atoms with van der Waals surface area (Å²) < 4.78 is 16.9. The van der Waals surface area contributed by atoms with Crippen LogP contribution in [0, 0.1) is 0 Å². The second-order valence-corrected chi connectivity index (χ2v) is 24.5. The number of carbonyl (C=O) groups is 3. The molecule has 0 amide bonds. The molecule has 0 spiro atoms. The van der Waals surface area contributed by atoms with Crippen molar-refractivity contribution in [1.29, 1.82) is 0 Å². The quantitative estimate of drug-likeness (QED) is 0.0261. The lowest BCUT2D eigenvalue weighted by molar-refractivity contribution is -0.167. The Morgan fingerprint density at radius 3 is 0.768 bits per heavy atom. The summed E-state index contributed by atoms with van der Waals surface area (Å²) in [7, 11) is 0. The predicted molar refractivity (Wildman–Crippen MR) is 358 cm³/mol. The molecule has 0 aromatic rings. The fourth-order valence-electron chi connectivity index (χ4n) is 10.8. The van der Waals surface area contributed by atoms with E-state index in [9.17, 15) is 14.4 Å². The Labute approximate surface area is 510 Å². The number of ether oxygens (including phenoxy) is 3. The van der Waals surface area contributed by atoms with Crippen molar-refractivity contribution >= 4 is 17.9 Å². The van der Waals surface area contributed by atoms with Crippen LogP contribution in [-0.4, -0.2) is 37.2 Å². The molecule has 0 aliphatic carbocycles. The van der Waals surface area contributed by atoms with Crippen LogP contribution in [0.2, 0.25) is 0 Å². The zero-order valence-corrected chi connectivity index (χ0v) is 55.0. The molecule has 0 N–H and O–H groups in total. The van der Waals surface area contributed by atoms with Crippen LogP contribution in [0.5, 0.6) is 0 Å². The lowest BCUT2D eigenvalue weighted by Gasteiger charge is -2.18. The van der Waals surface area contributed by atoms with E-state index in [0.29, 0.717) is 19.3 Å². The molecule has 0 fully saturated rings. The molecule has 1 unspecified atom stereocenters. The third-order valence-electron chi connectivity index (χ3n) is 16.3. The van der Waals surface area contributed by atoms with Crippen LogP contribution >= 0.6 is 0 Å². The highest BCUT2D eigenvalue weighted by Crippen LogP contribution is 2.19. The summed E-state index contributed by atoms with van der Waals surface area (Å²) in [6, 6.07) is 0. The summed E-state index contributed by atoms with van der Waals surface area (Å²) in [5.41, 5.74) is 0. The van der Waals surface area contributed by atoms with E-state index in [1.54, 1.807) is 0 Å². The molecule has 0 rings (SSSR count). The monoisotopic (exact) mass is 1150 g/mol. The summed E-state index contributed by atoms with van der Waals surface area (Å²) in [6.07, 6.45) is 91.5. The number of carbonyl (C=O) groups excluding carboxylic acids is 3. The number of esters is 3. The molecule has 6 heteroatoms. The van der Waals surface area contributed by atoms with Crippen molar-refractivity contribution in [1.82, 2.24) is 0 Å². The standard InChI is InChI=1S/C76H138O6/c1-4-7-10-13-16-19-22-25-27-29-30-31-32-33-34-35-36-37-38-39-40-41-42-43-44-45-46-47-49-51-54-57-60-63-66-69-75(78)81-72-73(71-80-74(77)68-65-62-59-56-53-50-24-21-18-15-12-9-6-3)82-76(79)70-67-64-61-58-55-52-48-28-26-23-20-17-14-11-8-5-2/h9,12,18,20-21,23,28,48,50,53,73H,4-8,10-11,13-17,19,22,24-27,29-47,49,51-52,54-72H2,1-3H3/b12-9-,21-18-,23-20-,48-28-,53-50-. The van der Waals surface area contributed by atoms with Gasteiger partial charge in [0.05, 0.1) is 0 Å². The fraction of sp³-hybridized carbons (Fsp3) is 0.829. The minimum atomic E-state index is -0.794. The Kier molecular flexibility index (Phi) is 68.1. The summed E-state index contributed by atoms with van der Waals surface area (Å²) in [5.74, 6) is -0.912. The molecule has 0 aromatic heterocycles. The van der Waals surface area contributed by atoms with Gasteiger partial charge in [-0.3, -0.25) is 14.4 Å². The van der Waals surface area contributed by atoms with Crippen LogP contribution in [0.15, 0.2) is 60.8 Å². The molecule has 0 bridgehead atoms. The topological polar surface area (TPSA) is 78.9 Å². The Morgan fingerprint density at radius 1 is 0.256 bits per heavy atom. The van der Waals surface area contributed by atoms with Gasteiger partial charge >= 0.3 is 17.9 Å². The third kappa shape index (κ3) is 67.9. The van der Waals surface area contributed by atoms with E-state index in [2.05, 4.69) is 81.5 Å². The first-order valence-corrected chi connectivity index (χ1v) is 36.3. The maximum atomic E-state index is 12.9. The zero-order valence-electron chi connectivity index (χ0n) is 55.0. The van der Waals surface area contributed by atoms with Crippen molar-refractivity contribution in [3.63, 3.8) is 0 Å². The second kappa shape index (κ2) is 70.6. The number of hydrogen-bond donors (Lipinski definition) is 0. The minimum absolute atomic E-state index is 0.0865. The van der Waals surface area contributed by atoms with Crippen molar-refractivity contribution < 1.29 is 28.6 Å². The van der Waals surface area contributed by atoms with E-state index >= 15 is 0 Å². The van der Waals surface area contributed by atoms with E-state index in [0.717, 1.165) is 109 Å². The van der Waals surface area contributed by atoms with Crippen molar-refractivity contribution in [2.24, 2.45) is 0 Å². The fourth-order valence-corrected chi connectivity index (χ4v) is 10.8. The van der Waals surface area contributed by atoms with Gasteiger partial charge in [0.25, 0.3) is 0 Å². The maximum absolute atomic E-state index is 12.9. The summed E-state index contributed by atoms with van der Waals surface area (Å²) in [4.78, 5) is 38.3. The van der Waals surface area contributed by atoms with E-state index in [1.165, 1.54) is 238 Å². The molecule has 0 saturated carbocycles. The maximum Gasteiger partial charge on any atom is 0.306 e. The molecule has 0 aliphatic rings. The average molecular weight is 1150 g/mol. The summed E-state index contributed by atoms with van der Waals surface area (Å²) >= 11 is 0. The van der Waals surface area contributed by atoms with Crippen molar-refractivity contribution in [3.05, 3.63) is 60.8 Å². The van der Waals surface area contributed by atoms with Crippen LogP contribution in [0.25, 0.3) is 0 Å². The number of unbranched alkanes of at least 4 members (excludes halogenated alkanes) is 46. The first kappa shape index (κ1) is 79.1. The van der Waals surface area contributed by atoms with Crippen LogP contribution in [0.4, 0.5) is 0 Å². The molecule has 1 atom stereocenters. The van der Waals surface area contributed by atoms with Gasteiger partial charge in [0, 0.05) is 19.3 Å². The smallest absolute Gasteiger partial charge is 0.306 e. The Balaban J connectivity index is 4.08. The summed E-state index contributed by atoms with van der Waals surface area (Å²) in [5, 5.41) is 0. The molecule has 82 heavy (non-hydrogen) atoms. The van der Waals surface area contributed by atoms with E-state index < -0.39 is 6.10 Å². The van der Waals surface area contributed by atoms with Gasteiger partial charge in [0.2, 0.25) is 0 Å². The molecular weight excluding hydrogens is 1010 g/mol. The van der Waals surface area contributed by atoms with Gasteiger partial charge in [-0.15, -0.1) is 0 Å². The molecule has 0 heterocycles. The molecule has 478 valence electrons. The molecule has 0 saturated heterocycles. The molecule has 6 nitrogen and oxygen atoms in total.